The summed E-state index contributed by atoms with van der Waals surface area (Å²) < 4.78 is 11.1. The van der Waals surface area contributed by atoms with Crippen molar-refractivity contribution < 1.29 is 19.1 Å². The molecule has 0 fully saturated rings. The average Bonchev–Trinajstić information content (AvgIpc) is 3.27. The Bertz CT molecular complexity index is 1310. The van der Waals surface area contributed by atoms with Gasteiger partial charge in [0.05, 0.1) is 28.9 Å². The first-order valence-corrected chi connectivity index (χ1v) is 11.3. The molecule has 1 atom stereocenters. The number of benzene rings is 3. The summed E-state index contributed by atoms with van der Waals surface area (Å²) in [5, 5.41) is 2.80. The van der Waals surface area contributed by atoms with Crippen molar-refractivity contribution in [2.75, 3.05) is 11.9 Å². The van der Waals surface area contributed by atoms with Crippen LogP contribution in [0.5, 0.6) is 5.75 Å². The molecule has 0 saturated heterocycles. The van der Waals surface area contributed by atoms with Gasteiger partial charge in [-0.15, -0.1) is 0 Å². The quantitative estimate of drug-likeness (QED) is 0.340. The molecule has 0 aliphatic heterocycles. The molecule has 0 radical (unpaired) electrons. The molecule has 0 saturated carbocycles. The number of ether oxygens (including phenoxy) is 2. The average molecular weight is 458 g/mol. The van der Waals surface area contributed by atoms with Crippen molar-refractivity contribution in [3.8, 4) is 17.1 Å². The predicted molar refractivity (Wildman–Crippen MR) is 132 cm³/mol. The number of esters is 1. The van der Waals surface area contributed by atoms with Gasteiger partial charge in [-0.05, 0) is 50.6 Å². The van der Waals surface area contributed by atoms with Gasteiger partial charge in [-0.25, -0.2) is 9.78 Å². The van der Waals surface area contributed by atoms with Crippen LogP contribution in [0.1, 0.15) is 36.2 Å². The number of aromatic nitrogens is 2. The van der Waals surface area contributed by atoms with Gasteiger partial charge in [-0.2, -0.15) is 0 Å². The van der Waals surface area contributed by atoms with Crippen LogP contribution >= 0.6 is 0 Å². The summed E-state index contributed by atoms with van der Waals surface area (Å²) in [6.45, 7) is 6.16. The number of aryl methyl sites for hydroxylation is 1. The molecule has 4 rings (SSSR count). The zero-order chi connectivity index (χ0) is 24.1. The van der Waals surface area contributed by atoms with Crippen LogP contribution in [0.4, 0.5) is 5.69 Å². The van der Waals surface area contributed by atoms with Gasteiger partial charge in [-0.3, -0.25) is 4.79 Å². The first-order chi connectivity index (χ1) is 16.5. The molecule has 7 heteroatoms. The van der Waals surface area contributed by atoms with E-state index < -0.39 is 18.0 Å². The number of amides is 1. The van der Waals surface area contributed by atoms with E-state index in [1.807, 2.05) is 44.2 Å². The van der Waals surface area contributed by atoms with E-state index in [0.717, 1.165) is 16.9 Å². The van der Waals surface area contributed by atoms with Crippen molar-refractivity contribution in [1.29, 1.82) is 0 Å². The van der Waals surface area contributed by atoms with Crippen molar-refractivity contribution >= 4 is 28.6 Å². The van der Waals surface area contributed by atoms with Crippen LogP contribution in [-0.4, -0.2) is 34.6 Å². The van der Waals surface area contributed by atoms with Gasteiger partial charge in [0, 0.05) is 5.56 Å². The van der Waals surface area contributed by atoms with Crippen LogP contribution in [0.3, 0.4) is 0 Å². The minimum atomic E-state index is -0.942. The summed E-state index contributed by atoms with van der Waals surface area (Å²) in [5.74, 6) is 0.300. The van der Waals surface area contributed by atoms with Crippen LogP contribution in [0.25, 0.3) is 22.4 Å². The number of hydrogen-bond donors (Lipinski definition) is 2. The van der Waals surface area contributed by atoms with Crippen LogP contribution in [0, 0.1) is 6.92 Å². The second-order valence-corrected chi connectivity index (χ2v) is 7.90. The SMILES string of the molecule is CCOc1ccccc1NC(=O)C(CC)OC(=O)c1ccc2nc(-c3ccc(C)cc3)[nH]c2c1. The van der Waals surface area contributed by atoms with Gasteiger partial charge < -0.3 is 19.8 Å². The van der Waals surface area contributed by atoms with Crippen molar-refractivity contribution in [2.24, 2.45) is 0 Å². The summed E-state index contributed by atoms with van der Waals surface area (Å²) in [4.78, 5) is 33.5. The van der Waals surface area contributed by atoms with Gasteiger partial charge >= 0.3 is 5.97 Å². The van der Waals surface area contributed by atoms with Crippen molar-refractivity contribution in [2.45, 2.75) is 33.3 Å². The Labute approximate surface area is 198 Å². The van der Waals surface area contributed by atoms with E-state index in [0.29, 0.717) is 35.5 Å². The predicted octanol–water partition coefficient (Wildman–Crippen LogP) is 5.51. The summed E-state index contributed by atoms with van der Waals surface area (Å²) in [5.41, 5.74) is 4.46. The maximum Gasteiger partial charge on any atom is 0.338 e. The number of nitrogens with one attached hydrogen (secondary N) is 2. The van der Waals surface area contributed by atoms with Gasteiger partial charge in [0.2, 0.25) is 0 Å². The van der Waals surface area contributed by atoms with Gasteiger partial charge in [-0.1, -0.05) is 48.9 Å². The van der Waals surface area contributed by atoms with E-state index in [1.165, 1.54) is 5.56 Å². The maximum absolute atomic E-state index is 12.8. The Morgan fingerprint density at radius 1 is 1.03 bits per heavy atom. The smallest absolute Gasteiger partial charge is 0.338 e. The maximum atomic E-state index is 12.8. The molecule has 0 spiro atoms. The number of nitrogens with zero attached hydrogens (tertiary/aromatic N) is 1. The standard InChI is InChI=1S/C27H27N3O4/c1-4-23(26(31)30-21-8-6-7-9-24(21)33-5-2)34-27(32)19-14-15-20-22(16-19)29-25(28-20)18-12-10-17(3)11-13-18/h6-16,23H,4-5H2,1-3H3,(H,28,29)(H,30,31). The van der Waals surface area contributed by atoms with E-state index in [9.17, 15) is 9.59 Å². The van der Waals surface area contributed by atoms with Gasteiger partial charge in [0.15, 0.2) is 6.10 Å². The molecule has 7 nitrogen and oxygen atoms in total. The summed E-state index contributed by atoms with van der Waals surface area (Å²) in [6.07, 6.45) is -0.610. The Morgan fingerprint density at radius 3 is 2.53 bits per heavy atom. The van der Waals surface area contributed by atoms with Crippen molar-refractivity contribution in [3.05, 3.63) is 77.9 Å². The highest BCUT2D eigenvalue weighted by Gasteiger charge is 2.23. The van der Waals surface area contributed by atoms with Crippen LogP contribution in [-0.2, 0) is 9.53 Å². The lowest BCUT2D eigenvalue weighted by Gasteiger charge is -2.17. The molecule has 34 heavy (non-hydrogen) atoms. The second kappa shape index (κ2) is 10.2. The fraction of sp³-hybridized carbons (Fsp3) is 0.222. The van der Waals surface area contributed by atoms with Gasteiger partial charge in [0.1, 0.15) is 11.6 Å². The number of anilines is 1. The second-order valence-electron chi connectivity index (χ2n) is 7.90. The zero-order valence-corrected chi connectivity index (χ0v) is 19.4. The number of imidazole rings is 1. The number of para-hydroxylation sites is 2. The molecule has 0 bridgehead atoms. The fourth-order valence-corrected chi connectivity index (χ4v) is 3.57. The minimum Gasteiger partial charge on any atom is -0.492 e. The molecule has 0 aliphatic carbocycles. The molecule has 2 N–H and O–H groups in total. The van der Waals surface area contributed by atoms with E-state index in [-0.39, 0.29) is 0 Å². The Hall–Kier alpha value is -4.13. The summed E-state index contributed by atoms with van der Waals surface area (Å²) in [7, 11) is 0. The van der Waals surface area contributed by atoms with Gasteiger partial charge in [0.25, 0.3) is 5.91 Å². The lowest BCUT2D eigenvalue weighted by molar-refractivity contribution is -0.124. The van der Waals surface area contributed by atoms with Crippen LogP contribution in [0.2, 0.25) is 0 Å². The molecular formula is C27H27N3O4. The van der Waals surface area contributed by atoms with Crippen molar-refractivity contribution in [3.63, 3.8) is 0 Å². The largest absolute Gasteiger partial charge is 0.492 e. The Kier molecular flexibility index (Phi) is 6.92. The first kappa shape index (κ1) is 23.0. The molecule has 1 amide bonds. The fourth-order valence-electron chi connectivity index (χ4n) is 3.57. The number of hydrogen-bond acceptors (Lipinski definition) is 5. The van der Waals surface area contributed by atoms with Crippen LogP contribution in [0.15, 0.2) is 66.7 Å². The number of carbonyl (C=O) groups excluding carboxylic acids is 2. The molecule has 1 aromatic heterocycles. The van der Waals surface area contributed by atoms with E-state index in [2.05, 4.69) is 15.3 Å². The molecular weight excluding hydrogens is 430 g/mol. The summed E-state index contributed by atoms with van der Waals surface area (Å²) >= 11 is 0. The highest BCUT2D eigenvalue weighted by atomic mass is 16.5. The Morgan fingerprint density at radius 2 is 1.79 bits per heavy atom. The third kappa shape index (κ3) is 5.09. The van der Waals surface area contributed by atoms with E-state index in [1.54, 1.807) is 43.3 Å². The molecule has 1 unspecified atom stereocenters. The van der Waals surface area contributed by atoms with E-state index >= 15 is 0 Å². The number of carbonyl (C=O) groups is 2. The summed E-state index contributed by atoms with van der Waals surface area (Å²) in [6, 6.07) is 20.3. The highest BCUT2D eigenvalue weighted by Crippen LogP contribution is 2.25. The normalized spacial score (nSPS) is 11.7. The lowest BCUT2D eigenvalue weighted by atomic mass is 10.1. The molecule has 3 aromatic carbocycles. The van der Waals surface area contributed by atoms with E-state index in [4.69, 9.17) is 9.47 Å². The number of rotatable bonds is 8. The molecule has 4 aromatic rings. The monoisotopic (exact) mass is 457 g/mol. The highest BCUT2D eigenvalue weighted by molar-refractivity contribution is 5.99. The third-order valence-corrected chi connectivity index (χ3v) is 5.40. The van der Waals surface area contributed by atoms with Crippen LogP contribution < -0.4 is 10.1 Å². The third-order valence-electron chi connectivity index (χ3n) is 5.40. The molecule has 0 aliphatic rings. The number of H-pyrrole nitrogens is 1. The number of aromatic amines is 1. The minimum absolute atomic E-state index is 0.332. The first-order valence-electron chi connectivity index (χ1n) is 11.3. The lowest BCUT2D eigenvalue weighted by Crippen LogP contribution is -2.32. The zero-order valence-electron chi connectivity index (χ0n) is 19.4. The topological polar surface area (TPSA) is 93.3 Å². The molecule has 1 heterocycles. The molecule has 174 valence electrons. The number of fused-ring (bicyclic) bond motifs is 1. The van der Waals surface area contributed by atoms with Crippen molar-refractivity contribution in [1.82, 2.24) is 9.97 Å². The Balaban J connectivity index is 1.48.